The maximum atomic E-state index is 14.5. The molecular weight excluding hydrogens is 622 g/mol. The van der Waals surface area contributed by atoms with Crippen LogP contribution in [0.4, 0.5) is 0 Å². The van der Waals surface area contributed by atoms with Crippen LogP contribution in [0.2, 0.25) is 0 Å². The predicted octanol–water partition coefficient (Wildman–Crippen LogP) is 5.79. The van der Waals surface area contributed by atoms with E-state index in [0.717, 1.165) is 58.6 Å². The monoisotopic (exact) mass is 687 g/mol. The maximum Gasteiger partial charge on any atom is 0.303 e. The van der Waals surface area contributed by atoms with Crippen LogP contribution in [0.15, 0.2) is 0 Å². The number of rotatable bonds is 10. The molecule has 2 heterocycles. The van der Waals surface area contributed by atoms with Gasteiger partial charge in [-0.1, -0.05) is 34.6 Å². The number of nitrogens with zero attached hydrogens (tertiary/aromatic N) is 1. The van der Waals surface area contributed by atoms with E-state index in [1.54, 1.807) is 21.0 Å². The Morgan fingerprint density at radius 3 is 2.39 bits per heavy atom. The number of esters is 1. The number of Topliss-reactive ketones (excluding diaryl/α,β-unsaturated/α-hetero) is 1. The third kappa shape index (κ3) is 5.35. The van der Waals surface area contributed by atoms with Crippen molar-refractivity contribution in [3.8, 4) is 0 Å². The molecule has 2 aliphatic heterocycles. The van der Waals surface area contributed by atoms with E-state index in [-0.39, 0.29) is 45.9 Å². The van der Waals surface area contributed by atoms with Crippen LogP contribution in [-0.2, 0) is 33.3 Å². The Hall–Kier alpha value is -1.10. The zero-order valence-corrected chi connectivity index (χ0v) is 31.8. The van der Waals surface area contributed by atoms with Gasteiger partial charge in [-0.15, -0.1) is 0 Å². The number of carbonyl (C=O) groups is 2. The molecule has 0 aromatic heterocycles. The number of ether oxygens (including phenoxy) is 5. The fourth-order valence-corrected chi connectivity index (χ4v) is 13.6. The van der Waals surface area contributed by atoms with E-state index in [1.807, 2.05) is 0 Å². The van der Waals surface area contributed by atoms with Crippen molar-refractivity contribution in [2.24, 2.45) is 50.7 Å². The average Bonchev–Trinajstić information content (AvgIpc) is 3.62. The molecule has 9 heteroatoms. The number of ketones is 1. The van der Waals surface area contributed by atoms with Gasteiger partial charge in [0, 0.05) is 32.4 Å². The predicted molar refractivity (Wildman–Crippen MR) is 184 cm³/mol. The van der Waals surface area contributed by atoms with Crippen LogP contribution in [-0.4, -0.2) is 98.0 Å². The Morgan fingerprint density at radius 2 is 1.76 bits per heavy atom. The first-order valence-electron chi connectivity index (χ1n) is 19.5. The summed E-state index contributed by atoms with van der Waals surface area (Å²) in [5.41, 5.74) is -1.11. The normalized spacial score (nSPS) is 45.2. The Bertz CT molecular complexity index is 1290. The van der Waals surface area contributed by atoms with Crippen molar-refractivity contribution in [1.82, 2.24) is 4.90 Å². The zero-order chi connectivity index (χ0) is 35.4. The minimum Gasteiger partial charge on any atom is -0.457 e. The van der Waals surface area contributed by atoms with Crippen molar-refractivity contribution >= 4 is 11.8 Å². The molecule has 9 nitrogen and oxygen atoms in total. The second kappa shape index (κ2) is 12.2. The SMILES string of the molecule is COC(C[C@@H](C)[C@H]1CC(=O)[C@@]2(C)C3CC[C@H]4C(C)(C)C(OC5CN(C6COC6)CCO5)CCC45CC35CCC12C)C(OC(C)=O)C(C)(C)O. The first-order chi connectivity index (χ1) is 22.9. The molecule has 0 bridgehead atoms. The van der Waals surface area contributed by atoms with Crippen LogP contribution < -0.4 is 0 Å². The molecule has 2 spiro atoms. The van der Waals surface area contributed by atoms with Crippen LogP contribution >= 0.6 is 0 Å². The molecule has 7 rings (SSSR count). The molecule has 5 saturated carbocycles. The lowest BCUT2D eigenvalue weighted by atomic mass is 9.41. The van der Waals surface area contributed by atoms with Crippen molar-refractivity contribution in [2.45, 2.75) is 149 Å². The lowest BCUT2D eigenvalue weighted by Crippen LogP contribution is -2.60. The topological polar surface area (TPSA) is 104 Å². The molecule has 8 unspecified atom stereocenters. The van der Waals surface area contributed by atoms with Gasteiger partial charge >= 0.3 is 5.97 Å². The Morgan fingerprint density at radius 1 is 1.06 bits per heavy atom. The lowest BCUT2D eigenvalue weighted by Gasteiger charge is -2.63. The second-order valence-corrected chi connectivity index (χ2v) is 19.2. The van der Waals surface area contributed by atoms with Gasteiger partial charge in [-0.25, -0.2) is 0 Å². The fraction of sp³-hybridized carbons (Fsp3) is 0.950. The van der Waals surface area contributed by atoms with Gasteiger partial charge in [-0.2, -0.15) is 0 Å². The standard InChI is InChI=1S/C40H65NO8/c1-24(18-28(45-9)34(36(5,6)44)48-25(2)42)27-19-31(43)38(8)30-11-10-29-35(3,4)32(49-33-20-41(16-17-47-33)26-21-46-22-26)12-13-39(29)23-40(30,39)15-14-37(27,38)7/h24,26-30,32-34,44H,10-23H2,1-9H3/t24-,27-,28?,29+,30?,32?,33?,34?,37?,38-,39?,40?/m1/s1. The van der Waals surface area contributed by atoms with Gasteiger partial charge in [0.25, 0.3) is 0 Å². The molecule has 7 fully saturated rings. The molecule has 5 aliphatic carbocycles. The number of carbonyl (C=O) groups excluding carboxylic acids is 2. The first-order valence-corrected chi connectivity index (χ1v) is 19.5. The summed E-state index contributed by atoms with van der Waals surface area (Å²) in [5, 5.41) is 10.9. The van der Waals surface area contributed by atoms with Crippen LogP contribution in [0, 0.1) is 50.7 Å². The van der Waals surface area contributed by atoms with Gasteiger partial charge in [0.05, 0.1) is 50.2 Å². The molecule has 2 saturated heterocycles. The summed E-state index contributed by atoms with van der Waals surface area (Å²) in [6.45, 7) is 20.8. The molecular formula is C40H65NO8. The number of aliphatic hydroxyl groups is 1. The first kappa shape index (κ1) is 36.3. The highest BCUT2D eigenvalue weighted by molar-refractivity contribution is 5.89. The maximum absolute atomic E-state index is 14.5. The smallest absolute Gasteiger partial charge is 0.303 e. The number of hydrogen-bond acceptors (Lipinski definition) is 9. The minimum atomic E-state index is -1.25. The highest BCUT2D eigenvalue weighted by Gasteiger charge is 2.83. The molecule has 0 radical (unpaired) electrons. The lowest BCUT2D eigenvalue weighted by molar-refractivity contribution is -0.255. The molecule has 49 heavy (non-hydrogen) atoms. The van der Waals surface area contributed by atoms with Crippen molar-refractivity contribution in [2.75, 3.05) is 40.0 Å². The van der Waals surface area contributed by atoms with Crippen molar-refractivity contribution in [3.05, 3.63) is 0 Å². The van der Waals surface area contributed by atoms with Gasteiger partial charge in [0.2, 0.25) is 0 Å². The summed E-state index contributed by atoms with van der Waals surface area (Å²) in [6.07, 6.45) is 8.06. The summed E-state index contributed by atoms with van der Waals surface area (Å²) in [5.74, 6) is 1.42. The van der Waals surface area contributed by atoms with E-state index in [9.17, 15) is 14.7 Å². The molecule has 0 amide bonds. The van der Waals surface area contributed by atoms with Gasteiger partial charge in [0.1, 0.15) is 5.78 Å². The summed E-state index contributed by atoms with van der Waals surface area (Å²) in [6, 6.07) is 0.505. The van der Waals surface area contributed by atoms with Gasteiger partial charge in [-0.05, 0) is 111 Å². The van der Waals surface area contributed by atoms with E-state index >= 15 is 0 Å². The van der Waals surface area contributed by atoms with E-state index in [2.05, 4.69) is 39.5 Å². The van der Waals surface area contributed by atoms with Crippen LogP contribution in [0.25, 0.3) is 0 Å². The number of morpholine rings is 1. The zero-order valence-electron chi connectivity index (χ0n) is 31.8. The summed E-state index contributed by atoms with van der Waals surface area (Å²) in [7, 11) is 1.63. The van der Waals surface area contributed by atoms with Crippen molar-refractivity contribution in [1.29, 1.82) is 0 Å². The van der Waals surface area contributed by atoms with E-state index in [0.29, 0.717) is 41.9 Å². The molecule has 278 valence electrons. The van der Waals surface area contributed by atoms with Crippen molar-refractivity contribution < 1.29 is 38.4 Å². The number of methoxy groups -OCH3 is 1. The van der Waals surface area contributed by atoms with Gasteiger partial charge < -0.3 is 28.8 Å². The highest BCUT2D eigenvalue weighted by atomic mass is 16.7. The summed E-state index contributed by atoms with van der Waals surface area (Å²) >= 11 is 0. The molecule has 1 N–H and O–H groups in total. The van der Waals surface area contributed by atoms with E-state index < -0.39 is 23.8 Å². The summed E-state index contributed by atoms with van der Waals surface area (Å²) in [4.78, 5) is 29.0. The van der Waals surface area contributed by atoms with Crippen LogP contribution in [0.3, 0.4) is 0 Å². The van der Waals surface area contributed by atoms with Gasteiger partial charge in [0.15, 0.2) is 12.4 Å². The quantitative estimate of drug-likeness (QED) is 0.286. The van der Waals surface area contributed by atoms with Crippen LogP contribution in [0.5, 0.6) is 0 Å². The summed E-state index contributed by atoms with van der Waals surface area (Å²) < 4.78 is 30.1. The van der Waals surface area contributed by atoms with E-state index in [4.69, 9.17) is 23.7 Å². The largest absolute Gasteiger partial charge is 0.457 e. The Labute approximate surface area is 294 Å². The second-order valence-electron chi connectivity index (χ2n) is 19.2. The Balaban J connectivity index is 1.07. The number of hydrogen-bond donors (Lipinski definition) is 1. The molecule has 0 aromatic rings. The van der Waals surface area contributed by atoms with Crippen molar-refractivity contribution in [3.63, 3.8) is 0 Å². The van der Waals surface area contributed by atoms with Gasteiger partial charge in [-0.3, -0.25) is 14.5 Å². The Kier molecular flexibility index (Phi) is 9.05. The van der Waals surface area contributed by atoms with Crippen LogP contribution in [0.1, 0.15) is 113 Å². The molecule has 7 aliphatic rings. The third-order valence-corrected chi connectivity index (χ3v) is 16.4. The van der Waals surface area contributed by atoms with E-state index in [1.165, 1.54) is 26.2 Å². The average molecular weight is 688 g/mol. The minimum absolute atomic E-state index is 0.0461. The highest BCUT2D eigenvalue weighted by Crippen LogP contribution is 2.88. The third-order valence-electron chi connectivity index (χ3n) is 16.4. The fourth-order valence-electron chi connectivity index (χ4n) is 13.6. The molecule has 0 aromatic carbocycles. The molecule has 12 atom stereocenters. The number of fused-ring (bicyclic) bond motifs is 2.